The topological polar surface area (TPSA) is 116 Å². The molecule has 2 aromatic carbocycles. The molecule has 0 saturated heterocycles. The fourth-order valence-corrected chi connectivity index (χ4v) is 4.81. The largest absolute Gasteiger partial charge is 0.394 e. The Bertz CT molecular complexity index is 1190. The lowest BCUT2D eigenvalue weighted by molar-refractivity contribution is 0.259. The summed E-state index contributed by atoms with van der Waals surface area (Å²) in [6.07, 6.45) is 2.24. The van der Waals surface area contributed by atoms with E-state index in [2.05, 4.69) is 14.7 Å². The van der Waals surface area contributed by atoms with E-state index < -0.39 is 22.7 Å². The van der Waals surface area contributed by atoms with E-state index in [1.807, 2.05) is 6.92 Å². The van der Waals surface area contributed by atoms with Gasteiger partial charge in [-0.25, -0.2) is 23.1 Å². The quantitative estimate of drug-likeness (QED) is 0.356. The van der Waals surface area contributed by atoms with E-state index in [4.69, 9.17) is 23.2 Å². The molecule has 0 aliphatic heterocycles. The van der Waals surface area contributed by atoms with E-state index in [1.165, 1.54) is 18.3 Å². The van der Waals surface area contributed by atoms with Crippen LogP contribution in [-0.2, 0) is 10.0 Å². The molecule has 0 aliphatic carbocycles. The van der Waals surface area contributed by atoms with Gasteiger partial charge in [0.15, 0.2) is 0 Å². The van der Waals surface area contributed by atoms with Crippen molar-refractivity contribution < 1.29 is 18.6 Å². The van der Waals surface area contributed by atoms with Gasteiger partial charge < -0.3 is 15.1 Å². The second kappa shape index (κ2) is 11.2. The average molecular weight is 511 g/mol. The van der Waals surface area contributed by atoms with E-state index in [9.17, 15) is 18.6 Å². The van der Waals surface area contributed by atoms with Crippen molar-refractivity contribution >= 4 is 39.2 Å². The normalized spacial score (nSPS) is 12.5. The lowest BCUT2D eigenvalue weighted by Crippen LogP contribution is -2.30. The summed E-state index contributed by atoms with van der Waals surface area (Å²) in [4.78, 5) is 10.2. The number of rotatable bonds is 10. The second-order valence-corrected chi connectivity index (χ2v) is 9.76. The van der Waals surface area contributed by atoms with Gasteiger partial charge in [-0.2, -0.15) is 0 Å². The summed E-state index contributed by atoms with van der Waals surface area (Å²) in [6.45, 7) is 1.87. The van der Waals surface area contributed by atoms with Crippen molar-refractivity contribution in [3.8, 4) is 11.3 Å². The number of hydrogen-bond acceptors (Lipinski definition) is 7. The van der Waals surface area contributed by atoms with Crippen molar-refractivity contribution in [1.29, 1.82) is 0 Å². The predicted molar refractivity (Wildman–Crippen MR) is 129 cm³/mol. The molecule has 1 heterocycles. The first-order chi connectivity index (χ1) is 15.8. The van der Waals surface area contributed by atoms with Crippen molar-refractivity contribution in [1.82, 2.24) is 14.7 Å². The number of nitrogens with one attached hydrogen (secondary N) is 1. The van der Waals surface area contributed by atoms with E-state index in [-0.39, 0.29) is 11.6 Å². The fourth-order valence-electron chi connectivity index (χ4n) is 3.20. The SMILES string of the molecule is CCCN(CO)c1ncc(Cl)c(-c2ccc(S(=O)(=O)N[C@H](CO)c3cccc(Cl)c3)cc2)n1. The maximum absolute atomic E-state index is 12.9. The Hall–Kier alpha value is -2.27. The molecule has 0 fully saturated rings. The number of hydrogen-bond donors (Lipinski definition) is 3. The third kappa shape index (κ3) is 6.20. The number of aliphatic hydroxyl groups is 2. The lowest BCUT2D eigenvalue weighted by atomic mass is 10.1. The molecule has 3 N–H and O–H groups in total. The molecule has 8 nitrogen and oxygen atoms in total. The maximum atomic E-state index is 12.9. The highest BCUT2D eigenvalue weighted by Gasteiger charge is 2.22. The Morgan fingerprint density at radius 2 is 1.85 bits per heavy atom. The number of sulfonamides is 1. The number of halogens is 2. The summed E-state index contributed by atoms with van der Waals surface area (Å²) in [6, 6.07) is 11.8. The number of nitrogens with zero attached hydrogens (tertiary/aromatic N) is 3. The average Bonchev–Trinajstić information content (AvgIpc) is 2.81. The van der Waals surface area contributed by atoms with Crippen LogP contribution in [0.4, 0.5) is 5.95 Å². The summed E-state index contributed by atoms with van der Waals surface area (Å²) in [5.41, 5.74) is 1.55. The highest BCUT2D eigenvalue weighted by molar-refractivity contribution is 7.89. The molecule has 0 amide bonds. The van der Waals surface area contributed by atoms with Gasteiger partial charge in [-0.05, 0) is 36.2 Å². The highest BCUT2D eigenvalue weighted by atomic mass is 35.5. The number of benzene rings is 2. The van der Waals surface area contributed by atoms with Crippen LogP contribution in [0, 0.1) is 0 Å². The smallest absolute Gasteiger partial charge is 0.241 e. The fraction of sp³-hybridized carbons (Fsp3) is 0.273. The molecule has 3 rings (SSSR count). The molecular weight excluding hydrogens is 487 g/mol. The van der Waals surface area contributed by atoms with Crippen LogP contribution in [0.25, 0.3) is 11.3 Å². The van der Waals surface area contributed by atoms with Crippen LogP contribution in [0.2, 0.25) is 10.0 Å². The van der Waals surface area contributed by atoms with Gasteiger partial charge in [0.05, 0.1) is 34.5 Å². The maximum Gasteiger partial charge on any atom is 0.241 e. The summed E-state index contributed by atoms with van der Waals surface area (Å²) in [5, 5.41) is 20.0. The van der Waals surface area contributed by atoms with E-state index in [0.717, 1.165) is 6.42 Å². The summed E-state index contributed by atoms with van der Waals surface area (Å²) in [5.74, 6) is 0.324. The monoisotopic (exact) mass is 510 g/mol. The first-order valence-electron chi connectivity index (χ1n) is 10.2. The van der Waals surface area contributed by atoms with Crippen molar-refractivity contribution in [3.05, 3.63) is 70.3 Å². The van der Waals surface area contributed by atoms with Gasteiger partial charge in [0.25, 0.3) is 0 Å². The Morgan fingerprint density at radius 1 is 1.12 bits per heavy atom. The van der Waals surface area contributed by atoms with Crippen molar-refractivity contribution in [2.75, 3.05) is 24.8 Å². The molecule has 176 valence electrons. The molecule has 1 atom stereocenters. The van der Waals surface area contributed by atoms with Gasteiger partial charge in [-0.1, -0.05) is 54.4 Å². The van der Waals surface area contributed by atoms with Crippen LogP contribution in [0.1, 0.15) is 24.9 Å². The van der Waals surface area contributed by atoms with Crippen LogP contribution < -0.4 is 9.62 Å². The Morgan fingerprint density at radius 3 is 2.45 bits per heavy atom. The highest BCUT2D eigenvalue weighted by Crippen LogP contribution is 2.28. The molecule has 33 heavy (non-hydrogen) atoms. The minimum absolute atomic E-state index is 0.0140. The third-order valence-electron chi connectivity index (χ3n) is 4.85. The molecular formula is C22H24Cl2N4O4S. The first kappa shape index (κ1) is 25.4. The Kier molecular flexibility index (Phi) is 8.63. The van der Waals surface area contributed by atoms with E-state index >= 15 is 0 Å². The molecule has 0 radical (unpaired) electrons. The molecule has 11 heteroatoms. The molecule has 0 unspecified atom stereocenters. The molecule has 0 bridgehead atoms. The minimum Gasteiger partial charge on any atom is -0.394 e. The van der Waals surface area contributed by atoms with Gasteiger partial charge in [0, 0.05) is 17.1 Å². The lowest BCUT2D eigenvalue weighted by Gasteiger charge is -2.19. The number of aliphatic hydroxyl groups excluding tert-OH is 2. The van der Waals surface area contributed by atoms with E-state index in [1.54, 1.807) is 41.3 Å². The third-order valence-corrected chi connectivity index (χ3v) is 6.85. The molecule has 1 aromatic heterocycles. The van der Waals surface area contributed by atoms with Crippen LogP contribution >= 0.6 is 23.2 Å². The van der Waals surface area contributed by atoms with Gasteiger partial charge >= 0.3 is 0 Å². The van der Waals surface area contributed by atoms with Crippen LogP contribution in [0.15, 0.2) is 59.6 Å². The molecule has 0 spiro atoms. The van der Waals surface area contributed by atoms with Gasteiger partial charge in [-0.15, -0.1) is 0 Å². The summed E-state index contributed by atoms with van der Waals surface area (Å²) >= 11 is 12.3. The van der Waals surface area contributed by atoms with Gasteiger partial charge in [0.2, 0.25) is 16.0 Å². The minimum atomic E-state index is -3.93. The molecule has 3 aromatic rings. The standard InChI is InChI=1S/C22H24Cl2N4O4S/c1-2-10-28(14-30)22-25-12-19(24)21(26-22)15-6-8-18(9-7-15)33(31,32)27-20(13-29)16-4-3-5-17(23)11-16/h3-9,11-12,20,27,29-30H,2,10,13-14H2,1H3/t20-/m1/s1. The summed E-state index contributed by atoms with van der Waals surface area (Å²) < 4.78 is 28.3. The van der Waals surface area contributed by atoms with Crippen molar-refractivity contribution in [2.45, 2.75) is 24.3 Å². The van der Waals surface area contributed by atoms with E-state index in [0.29, 0.717) is 39.4 Å². The zero-order chi connectivity index (χ0) is 24.0. The Balaban J connectivity index is 1.86. The van der Waals surface area contributed by atoms with Gasteiger partial charge in [-0.3, -0.25) is 0 Å². The van der Waals surface area contributed by atoms with Gasteiger partial charge in [0.1, 0.15) is 6.73 Å². The van der Waals surface area contributed by atoms with Crippen LogP contribution in [0.3, 0.4) is 0 Å². The first-order valence-corrected chi connectivity index (χ1v) is 12.4. The molecule has 0 aliphatic rings. The Labute approximate surface area is 202 Å². The predicted octanol–water partition coefficient (Wildman–Crippen LogP) is 3.63. The zero-order valence-corrected chi connectivity index (χ0v) is 20.1. The number of anilines is 1. The summed E-state index contributed by atoms with van der Waals surface area (Å²) in [7, 11) is -3.93. The number of aromatic nitrogens is 2. The zero-order valence-electron chi connectivity index (χ0n) is 17.8. The van der Waals surface area contributed by atoms with Crippen LogP contribution in [0.5, 0.6) is 0 Å². The van der Waals surface area contributed by atoms with Crippen molar-refractivity contribution in [3.63, 3.8) is 0 Å². The van der Waals surface area contributed by atoms with Crippen molar-refractivity contribution in [2.24, 2.45) is 0 Å². The van der Waals surface area contributed by atoms with Crippen LogP contribution in [-0.4, -0.2) is 48.5 Å². The molecule has 0 saturated carbocycles. The second-order valence-electron chi connectivity index (χ2n) is 7.21.